The Morgan fingerprint density at radius 1 is 1.45 bits per heavy atom. The van der Waals surface area contributed by atoms with Crippen molar-refractivity contribution in [1.29, 1.82) is 0 Å². The van der Waals surface area contributed by atoms with Crippen molar-refractivity contribution in [3.63, 3.8) is 0 Å². The quantitative estimate of drug-likeness (QED) is 0.732. The van der Waals surface area contributed by atoms with Crippen molar-refractivity contribution in [2.24, 2.45) is 0 Å². The number of carbonyl (C=O) groups is 1. The van der Waals surface area contributed by atoms with Gasteiger partial charge in [-0.25, -0.2) is 22.5 Å². The van der Waals surface area contributed by atoms with E-state index in [4.69, 9.17) is 10.5 Å². The third-order valence-corrected chi connectivity index (χ3v) is 4.61. The fourth-order valence-electron chi connectivity index (χ4n) is 1.60. The zero-order valence-electron chi connectivity index (χ0n) is 12.1. The molecule has 1 aromatic heterocycles. The molecule has 0 aliphatic heterocycles. The minimum atomic E-state index is -3.34. The highest BCUT2D eigenvalue weighted by atomic mass is 32.2. The maximum atomic E-state index is 11.7. The average molecular weight is 304 g/mol. The number of hydrogen-bond donors (Lipinski definition) is 1. The van der Waals surface area contributed by atoms with Crippen LogP contribution in [-0.2, 0) is 21.3 Å². The summed E-state index contributed by atoms with van der Waals surface area (Å²) in [5, 5.41) is 0. The standard InChI is InChI=1S/C11H20N4O4S/c1-5-19-11(16)9-10(12)15(8(2)13-9)6-7-20(17,18)14(3)4/h5-7,12H2,1-4H3. The Labute approximate surface area is 118 Å². The Morgan fingerprint density at radius 3 is 2.55 bits per heavy atom. The number of rotatable bonds is 6. The average Bonchev–Trinajstić information content (AvgIpc) is 2.63. The van der Waals surface area contributed by atoms with Crippen molar-refractivity contribution < 1.29 is 17.9 Å². The van der Waals surface area contributed by atoms with Crippen molar-refractivity contribution in [3.05, 3.63) is 11.5 Å². The predicted molar refractivity (Wildman–Crippen MR) is 74.8 cm³/mol. The Morgan fingerprint density at radius 2 is 2.05 bits per heavy atom. The van der Waals surface area contributed by atoms with E-state index >= 15 is 0 Å². The molecule has 0 atom stereocenters. The van der Waals surface area contributed by atoms with Crippen LogP contribution in [0.5, 0.6) is 0 Å². The summed E-state index contributed by atoms with van der Waals surface area (Å²) in [7, 11) is -0.415. The number of anilines is 1. The minimum absolute atomic E-state index is 0.0200. The van der Waals surface area contributed by atoms with E-state index in [1.807, 2.05) is 0 Å². The molecule has 0 saturated heterocycles. The van der Waals surface area contributed by atoms with Crippen LogP contribution in [0, 0.1) is 6.92 Å². The lowest BCUT2D eigenvalue weighted by Gasteiger charge is -2.12. The predicted octanol–water partition coefficient (Wildman–Crippen LogP) is -0.158. The van der Waals surface area contributed by atoms with Crippen LogP contribution >= 0.6 is 0 Å². The molecule has 0 saturated carbocycles. The van der Waals surface area contributed by atoms with E-state index in [9.17, 15) is 13.2 Å². The van der Waals surface area contributed by atoms with Gasteiger partial charge in [-0.05, 0) is 13.8 Å². The fourth-order valence-corrected chi connectivity index (χ4v) is 2.38. The third kappa shape index (κ3) is 3.48. The summed E-state index contributed by atoms with van der Waals surface area (Å²) in [4.78, 5) is 15.7. The number of imidazole rings is 1. The lowest BCUT2D eigenvalue weighted by atomic mass is 10.4. The van der Waals surface area contributed by atoms with Gasteiger partial charge in [-0.2, -0.15) is 0 Å². The van der Waals surface area contributed by atoms with Crippen molar-refractivity contribution in [2.45, 2.75) is 20.4 Å². The molecule has 2 N–H and O–H groups in total. The van der Waals surface area contributed by atoms with Crippen molar-refractivity contribution >= 4 is 21.8 Å². The van der Waals surface area contributed by atoms with Crippen LogP contribution in [0.3, 0.4) is 0 Å². The van der Waals surface area contributed by atoms with Crippen LogP contribution in [0.25, 0.3) is 0 Å². The summed E-state index contributed by atoms with van der Waals surface area (Å²) < 4.78 is 30.9. The summed E-state index contributed by atoms with van der Waals surface area (Å²) in [6.07, 6.45) is 0. The number of ether oxygens (including phenoxy) is 1. The van der Waals surface area contributed by atoms with Crippen LogP contribution in [-0.4, -0.2) is 54.7 Å². The lowest BCUT2D eigenvalue weighted by molar-refractivity contribution is 0.0521. The molecule has 1 rings (SSSR count). The van der Waals surface area contributed by atoms with Gasteiger partial charge < -0.3 is 15.0 Å². The zero-order valence-corrected chi connectivity index (χ0v) is 12.9. The van der Waals surface area contributed by atoms with Crippen LogP contribution in [0.2, 0.25) is 0 Å². The maximum absolute atomic E-state index is 11.7. The second-order valence-corrected chi connectivity index (χ2v) is 6.67. The molecule has 20 heavy (non-hydrogen) atoms. The van der Waals surface area contributed by atoms with Crippen molar-refractivity contribution in [3.8, 4) is 0 Å². The molecular weight excluding hydrogens is 284 g/mol. The molecule has 1 heterocycles. The summed E-state index contributed by atoms with van der Waals surface area (Å²) in [6.45, 7) is 3.69. The smallest absolute Gasteiger partial charge is 0.360 e. The monoisotopic (exact) mass is 304 g/mol. The number of nitrogens with zero attached hydrogens (tertiary/aromatic N) is 3. The van der Waals surface area contributed by atoms with Gasteiger partial charge in [0.15, 0.2) is 5.69 Å². The Hall–Kier alpha value is -1.61. The van der Waals surface area contributed by atoms with E-state index < -0.39 is 16.0 Å². The number of carbonyl (C=O) groups excluding carboxylic acids is 1. The molecule has 0 aromatic carbocycles. The number of aromatic nitrogens is 2. The minimum Gasteiger partial charge on any atom is -0.461 e. The van der Waals surface area contributed by atoms with Gasteiger partial charge >= 0.3 is 5.97 Å². The van der Waals surface area contributed by atoms with E-state index in [0.29, 0.717) is 5.82 Å². The molecule has 0 bridgehead atoms. The molecule has 0 amide bonds. The van der Waals surface area contributed by atoms with E-state index in [1.165, 1.54) is 18.7 Å². The van der Waals surface area contributed by atoms with Crippen LogP contribution in [0.15, 0.2) is 0 Å². The first-order valence-electron chi connectivity index (χ1n) is 6.10. The summed E-state index contributed by atoms with van der Waals surface area (Å²) in [5.74, 6) is -0.138. The Bertz CT molecular complexity index is 592. The summed E-state index contributed by atoms with van der Waals surface area (Å²) >= 11 is 0. The number of sulfonamides is 1. The molecule has 0 fully saturated rings. The number of nitrogen functional groups attached to an aromatic ring is 1. The molecule has 0 spiro atoms. The first-order chi connectivity index (χ1) is 9.20. The van der Waals surface area contributed by atoms with Crippen molar-refractivity contribution in [2.75, 3.05) is 32.2 Å². The topological polar surface area (TPSA) is 108 Å². The van der Waals surface area contributed by atoms with Crippen molar-refractivity contribution in [1.82, 2.24) is 13.9 Å². The summed E-state index contributed by atoms with van der Waals surface area (Å²) in [5.41, 5.74) is 5.85. The molecule has 9 heteroatoms. The molecule has 8 nitrogen and oxygen atoms in total. The van der Waals surface area contributed by atoms with Gasteiger partial charge in [0.2, 0.25) is 10.0 Å². The normalized spacial score (nSPS) is 11.8. The van der Waals surface area contributed by atoms with Gasteiger partial charge in [0.05, 0.1) is 12.4 Å². The van der Waals surface area contributed by atoms with E-state index in [2.05, 4.69) is 4.98 Å². The highest BCUT2D eigenvalue weighted by Crippen LogP contribution is 2.15. The largest absolute Gasteiger partial charge is 0.461 e. The maximum Gasteiger partial charge on any atom is 0.360 e. The highest BCUT2D eigenvalue weighted by molar-refractivity contribution is 7.89. The Kier molecular flexibility index (Phi) is 5.12. The number of aryl methyl sites for hydroxylation is 1. The number of esters is 1. The molecular formula is C11H20N4O4S. The van der Waals surface area contributed by atoms with Gasteiger partial charge in [-0.3, -0.25) is 0 Å². The first kappa shape index (κ1) is 16.4. The van der Waals surface area contributed by atoms with Gasteiger partial charge in [0.1, 0.15) is 11.6 Å². The summed E-state index contributed by atoms with van der Waals surface area (Å²) in [6, 6.07) is 0. The molecule has 114 valence electrons. The van der Waals surface area contributed by atoms with E-state index in [0.717, 1.165) is 4.31 Å². The van der Waals surface area contributed by atoms with Gasteiger partial charge in [-0.15, -0.1) is 0 Å². The number of hydrogen-bond acceptors (Lipinski definition) is 6. The van der Waals surface area contributed by atoms with Gasteiger partial charge in [0, 0.05) is 20.6 Å². The fraction of sp³-hybridized carbons (Fsp3) is 0.636. The lowest BCUT2D eigenvalue weighted by Crippen LogP contribution is -2.27. The first-order valence-corrected chi connectivity index (χ1v) is 7.71. The molecule has 0 unspecified atom stereocenters. The van der Waals surface area contributed by atoms with Crippen LogP contribution < -0.4 is 5.73 Å². The second-order valence-electron chi connectivity index (χ2n) is 4.36. The highest BCUT2D eigenvalue weighted by Gasteiger charge is 2.21. The molecule has 0 aliphatic rings. The zero-order chi connectivity index (χ0) is 15.5. The number of nitrogens with two attached hydrogens (primary N) is 1. The Balaban J connectivity index is 2.95. The van der Waals surface area contributed by atoms with Crippen LogP contribution in [0.4, 0.5) is 5.82 Å². The molecule has 1 aromatic rings. The SMILES string of the molecule is CCOC(=O)c1nc(C)n(CCS(=O)(=O)N(C)C)c1N. The van der Waals surface area contributed by atoms with Crippen LogP contribution in [0.1, 0.15) is 23.2 Å². The molecule has 0 aliphatic carbocycles. The second kappa shape index (κ2) is 6.23. The van der Waals surface area contributed by atoms with Gasteiger partial charge in [0.25, 0.3) is 0 Å². The molecule has 0 radical (unpaired) electrons. The van der Waals surface area contributed by atoms with Gasteiger partial charge in [-0.1, -0.05) is 0 Å². The van der Waals surface area contributed by atoms with E-state index in [-0.39, 0.29) is 30.4 Å². The third-order valence-electron chi connectivity index (χ3n) is 2.80. The van der Waals surface area contributed by atoms with E-state index in [1.54, 1.807) is 13.8 Å².